The summed E-state index contributed by atoms with van der Waals surface area (Å²) >= 11 is 0. The second kappa shape index (κ2) is 8.42. The lowest BCUT2D eigenvalue weighted by molar-refractivity contribution is -0.136. The summed E-state index contributed by atoms with van der Waals surface area (Å²) in [7, 11) is 2.21. The number of likely N-dealkylation sites (tertiary alicyclic amines) is 2. The van der Waals surface area contributed by atoms with E-state index in [9.17, 15) is 9.59 Å². The summed E-state index contributed by atoms with van der Waals surface area (Å²) < 4.78 is 0. The summed E-state index contributed by atoms with van der Waals surface area (Å²) in [6.45, 7) is 4.97. The predicted molar refractivity (Wildman–Crippen MR) is 107 cm³/mol. The van der Waals surface area contributed by atoms with Gasteiger partial charge in [0.1, 0.15) is 0 Å². The van der Waals surface area contributed by atoms with Crippen LogP contribution in [0.3, 0.4) is 0 Å². The molecule has 2 heterocycles. The highest BCUT2D eigenvalue weighted by molar-refractivity contribution is 5.84. The Morgan fingerprint density at radius 3 is 2.63 bits per heavy atom. The summed E-state index contributed by atoms with van der Waals surface area (Å²) in [5.41, 5.74) is 1.26. The Morgan fingerprint density at radius 2 is 1.93 bits per heavy atom. The molecular weight excluding hydrogens is 338 g/mol. The Labute approximate surface area is 163 Å². The molecule has 0 spiro atoms. The number of nitrogens with one attached hydrogen (secondary N) is 1. The standard InChI is InChI=1S/C22H33N3O2/c1-17(26)23-16-21(27)25-19(14-18-10-6-4-7-11-18)15-22(2)20(25)12-8-5-9-13-24(22)3/h4,6-7,10-11,19-20H,5,8-9,12-16H2,1-3H3,(H,23,26)/t19-,20+,22+/m1/s1. The van der Waals surface area contributed by atoms with Gasteiger partial charge in [0.15, 0.2) is 0 Å². The maximum atomic E-state index is 13.1. The summed E-state index contributed by atoms with van der Waals surface area (Å²) in [4.78, 5) is 29.1. The van der Waals surface area contributed by atoms with Crippen molar-refractivity contribution in [2.24, 2.45) is 0 Å². The molecule has 0 aromatic heterocycles. The maximum absolute atomic E-state index is 13.1. The zero-order valence-electron chi connectivity index (χ0n) is 16.9. The topological polar surface area (TPSA) is 52.7 Å². The molecule has 0 unspecified atom stereocenters. The Hall–Kier alpha value is -1.88. The van der Waals surface area contributed by atoms with Crippen molar-refractivity contribution < 1.29 is 9.59 Å². The van der Waals surface area contributed by atoms with E-state index < -0.39 is 0 Å². The van der Waals surface area contributed by atoms with E-state index in [0.717, 1.165) is 32.2 Å². The average Bonchev–Trinajstić information content (AvgIpc) is 2.91. The molecule has 3 atom stereocenters. The van der Waals surface area contributed by atoms with Gasteiger partial charge in [0.2, 0.25) is 11.8 Å². The van der Waals surface area contributed by atoms with Gasteiger partial charge in [-0.1, -0.05) is 43.2 Å². The number of hydrogen-bond donors (Lipinski definition) is 1. The quantitative estimate of drug-likeness (QED) is 0.885. The minimum atomic E-state index is -0.153. The molecule has 3 rings (SSSR count). The molecule has 2 aliphatic heterocycles. The van der Waals surface area contributed by atoms with Gasteiger partial charge < -0.3 is 10.2 Å². The third-order valence-corrected chi connectivity index (χ3v) is 6.53. The second-order valence-corrected chi connectivity index (χ2v) is 8.40. The first-order valence-corrected chi connectivity index (χ1v) is 10.2. The highest BCUT2D eigenvalue weighted by Gasteiger charge is 2.52. The van der Waals surface area contributed by atoms with E-state index in [1.807, 2.05) is 6.07 Å². The SMILES string of the molecule is CC(=O)NCC(=O)N1[C@H](Cc2ccccc2)C[C@@]2(C)[C@@H]1CCCCCN2C. The molecular formula is C22H33N3O2. The molecule has 2 saturated heterocycles. The lowest BCUT2D eigenvalue weighted by Crippen LogP contribution is -2.56. The van der Waals surface area contributed by atoms with E-state index in [1.165, 1.54) is 25.3 Å². The van der Waals surface area contributed by atoms with Gasteiger partial charge in [0, 0.05) is 18.5 Å². The number of carbonyl (C=O) groups excluding carboxylic acids is 2. The average molecular weight is 372 g/mol. The van der Waals surface area contributed by atoms with E-state index in [4.69, 9.17) is 0 Å². The molecule has 1 aromatic carbocycles. The molecule has 2 aliphatic rings. The second-order valence-electron chi connectivity index (χ2n) is 8.40. The molecule has 0 radical (unpaired) electrons. The lowest BCUT2D eigenvalue weighted by atomic mass is 9.84. The Morgan fingerprint density at radius 1 is 1.19 bits per heavy atom. The fourth-order valence-electron chi connectivity index (χ4n) is 4.97. The van der Waals surface area contributed by atoms with E-state index in [0.29, 0.717) is 0 Å². The van der Waals surface area contributed by atoms with Gasteiger partial charge in [-0.05, 0) is 51.8 Å². The van der Waals surface area contributed by atoms with Gasteiger partial charge in [-0.2, -0.15) is 0 Å². The molecule has 2 amide bonds. The third kappa shape index (κ3) is 4.34. The zero-order chi connectivity index (χ0) is 19.4. The Bertz CT molecular complexity index is 663. The van der Waals surface area contributed by atoms with Crippen LogP contribution in [0.2, 0.25) is 0 Å². The number of rotatable bonds is 4. The van der Waals surface area contributed by atoms with Crippen LogP contribution in [0.5, 0.6) is 0 Å². The fourth-order valence-corrected chi connectivity index (χ4v) is 4.97. The summed E-state index contributed by atoms with van der Waals surface area (Å²) in [6, 6.07) is 10.8. The van der Waals surface area contributed by atoms with E-state index in [-0.39, 0.29) is 36.0 Å². The van der Waals surface area contributed by atoms with Crippen LogP contribution in [0.1, 0.15) is 51.5 Å². The smallest absolute Gasteiger partial charge is 0.242 e. The van der Waals surface area contributed by atoms with Crippen LogP contribution in [0.4, 0.5) is 0 Å². The number of benzene rings is 1. The van der Waals surface area contributed by atoms with Crippen LogP contribution in [-0.2, 0) is 16.0 Å². The van der Waals surface area contributed by atoms with Crippen molar-refractivity contribution >= 4 is 11.8 Å². The molecule has 0 bridgehead atoms. The monoisotopic (exact) mass is 371 g/mol. The molecule has 5 heteroatoms. The molecule has 1 N–H and O–H groups in total. The summed E-state index contributed by atoms with van der Waals surface area (Å²) in [5, 5.41) is 2.71. The molecule has 0 aliphatic carbocycles. The summed E-state index contributed by atoms with van der Waals surface area (Å²) in [6.07, 6.45) is 6.49. The molecule has 1 aromatic rings. The molecule has 2 fully saturated rings. The maximum Gasteiger partial charge on any atom is 0.242 e. The first-order valence-electron chi connectivity index (χ1n) is 10.2. The Balaban J connectivity index is 1.88. The third-order valence-electron chi connectivity index (χ3n) is 6.53. The van der Waals surface area contributed by atoms with E-state index >= 15 is 0 Å². The Kier molecular flexibility index (Phi) is 6.20. The summed E-state index contributed by atoms with van der Waals surface area (Å²) in [5.74, 6) is -0.103. The van der Waals surface area contributed by atoms with Crippen LogP contribution in [0.15, 0.2) is 30.3 Å². The van der Waals surface area contributed by atoms with E-state index in [1.54, 1.807) is 0 Å². The highest BCUT2D eigenvalue weighted by Crippen LogP contribution is 2.42. The number of carbonyl (C=O) groups is 2. The van der Waals surface area contributed by atoms with Crippen LogP contribution in [0, 0.1) is 0 Å². The largest absolute Gasteiger partial charge is 0.347 e. The van der Waals surface area contributed by atoms with Crippen molar-refractivity contribution in [1.29, 1.82) is 0 Å². The van der Waals surface area contributed by atoms with Crippen molar-refractivity contribution in [2.45, 2.75) is 70.0 Å². The lowest BCUT2D eigenvalue weighted by Gasteiger charge is -2.43. The molecule has 0 saturated carbocycles. The molecule has 27 heavy (non-hydrogen) atoms. The van der Waals surface area contributed by atoms with Crippen LogP contribution >= 0.6 is 0 Å². The fraction of sp³-hybridized carbons (Fsp3) is 0.636. The molecule has 148 valence electrons. The van der Waals surface area contributed by atoms with Crippen LogP contribution < -0.4 is 5.32 Å². The number of fused-ring (bicyclic) bond motifs is 1. The van der Waals surface area contributed by atoms with Gasteiger partial charge in [0.25, 0.3) is 0 Å². The zero-order valence-corrected chi connectivity index (χ0v) is 16.9. The first-order chi connectivity index (χ1) is 12.9. The van der Waals surface area contributed by atoms with Gasteiger partial charge in [-0.25, -0.2) is 0 Å². The minimum Gasteiger partial charge on any atom is -0.347 e. The normalized spacial score (nSPS) is 28.9. The van der Waals surface area contributed by atoms with Crippen molar-refractivity contribution in [3.05, 3.63) is 35.9 Å². The van der Waals surface area contributed by atoms with Crippen LogP contribution in [-0.4, -0.2) is 59.4 Å². The van der Waals surface area contributed by atoms with Gasteiger partial charge in [-0.15, -0.1) is 0 Å². The van der Waals surface area contributed by atoms with Crippen molar-refractivity contribution in [3.63, 3.8) is 0 Å². The van der Waals surface area contributed by atoms with Crippen LogP contribution in [0.25, 0.3) is 0 Å². The van der Waals surface area contributed by atoms with Crippen molar-refractivity contribution in [3.8, 4) is 0 Å². The number of nitrogens with zero attached hydrogens (tertiary/aromatic N) is 2. The molecule has 5 nitrogen and oxygen atoms in total. The van der Waals surface area contributed by atoms with E-state index in [2.05, 4.69) is 53.4 Å². The minimum absolute atomic E-state index is 0.00818. The predicted octanol–water partition coefficient (Wildman–Crippen LogP) is 2.60. The van der Waals surface area contributed by atoms with Gasteiger partial charge in [-0.3, -0.25) is 14.5 Å². The van der Waals surface area contributed by atoms with Gasteiger partial charge in [0.05, 0.1) is 12.6 Å². The number of hydrogen-bond acceptors (Lipinski definition) is 3. The van der Waals surface area contributed by atoms with Crippen molar-refractivity contribution in [2.75, 3.05) is 20.1 Å². The van der Waals surface area contributed by atoms with Gasteiger partial charge >= 0.3 is 0 Å². The van der Waals surface area contributed by atoms with Crippen molar-refractivity contribution in [1.82, 2.24) is 15.1 Å². The first kappa shape index (κ1) is 19.9. The number of likely N-dealkylation sites (N-methyl/N-ethyl adjacent to an activating group) is 1. The highest BCUT2D eigenvalue weighted by atomic mass is 16.2. The number of amides is 2.